The van der Waals surface area contributed by atoms with Crippen LogP contribution < -0.4 is 4.90 Å². The predicted molar refractivity (Wildman–Crippen MR) is 73.9 cm³/mol. The number of hydrogen-bond donors (Lipinski definition) is 1. The summed E-state index contributed by atoms with van der Waals surface area (Å²) in [5.41, 5.74) is 2.74. The Balaban J connectivity index is 2.40. The first-order valence-electron chi connectivity index (χ1n) is 6.46. The van der Waals surface area contributed by atoms with E-state index in [0.29, 0.717) is 12.1 Å². The van der Waals surface area contributed by atoms with Crippen LogP contribution in [0.4, 0.5) is 5.69 Å². The normalized spacial score (nSPS) is 20.2. The average molecular weight is 261 g/mol. The molecule has 1 aliphatic rings. The number of aldehydes is 1. The third-order valence-corrected chi connectivity index (χ3v) is 4.24. The number of nitrogens with zero attached hydrogens (tertiary/aromatic N) is 1. The van der Waals surface area contributed by atoms with E-state index in [4.69, 9.17) is 5.11 Å². The summed E-state index contributed by atoms with van der Waals surface area (Å²) in [6.45, 7) is 6.85. The number of carboxylic acid groups (broad SMARTS) is 1. The van der Waals surface area contributed by atoms with E-state index in [1.54, 1.807) is 6.07 Å². The van der Waals surface area contributed by atoms with Gasteiger partial charge in [0.2, 0.25) is 0 Å². The van der Waals surface area contributed by atoms with Gasteiger partial charge in [0.05, 0.1) is 6.42 Å². The van der Waals surface area contributed by atoms with Gasteiger partial charge in [0, 0.05) is 29.3 Å². The van der Waals surface area contributed by atoms with Gasteiger partial charge in [0.25, 0.3) is 0 Å². The molecule has 1 aromatic rings. The van der Waals surface area contributed by atoms with E-state index in [-0.39, 0.29) is 17.9 Å². The molecule has 1 N–H and O–H groups in total. The zero-order chi connectivity index (χ0) is 14.2. The van der Waals surface area contributed by atoms with Crippen molar-refractivity contribution in [2.75, 3.05) is 11.4 Å². The standard InChI is InChI=1S/C15H19NO3/c1-10-15(2,3)12-8-11(9-17)4-5-13(12)16(10)7-6-14(18)19/h4-5,8-10H,6-7H2,1-3H3,(H,18,19). The Labute approximate surface area is 113 Å². The van der Waals surface area contributed by atoms with Crippen molar-refractivity contribution in [2.24, 2.45) is 0 Å². The Morgan fingerprint density at radius 3 is 2.74 bits per heavy atom. The van der Waals surface area contributed by atoms with Crippen LogP contribution in [0.3, 0.4) is 0 Å². The summed E-state index contributed by atoms with van der Waals surface area (Å²) in [6.07, 6.45) is 0.968. The second-order valence-electron chi connectivity index (χ2n) is 5.63. The molecule has 0 radical (unpaired) electrons. The Morgan fingerprint density at radius 2 is 2.16 bits per heavy atom. The van der Waals surface area contributed by atoms with Crippen molar-refractivity contribution in [3.63, 3.8) is 0 Å². The summed E-state index contributed by atoms with van der Waals surface area (Å²) in [6, 6.07) is 5.84. The molecule has 1 unspecified atom stereocenters. The number of carboxylic acids is 1. The molecule has 2 rings (SSSR count). The highest BCUT2D eigenvalue weighted by atomic mass is 16.4. The second-order valence-corrected chi connectivity index (χ2v) is 5.63. The molecule has 0 saturated carbocycles. The number of carbonyl (C=O) groups is 2. The van der Waals surface area contributed by atoms with E-state index in [2.05, 4.69) is 25.7 Å². The van der Waals surface area contributed by atoms with E-state index >= 15 is 0 Å². The fourth-order valence-electron chi connectivity index (χ4n) is 2.75. The highest BCUT2D eigenvalue weighted by Crippen LogP contribution is 2.45. The minimum absolute atomic E-state index is 0.0904. The maximum atomic E-state index is 10.9. The molecule has 0 fully saturated rings. The topological polar surface area (TPSA) is 57.6 Å². The van der Waals surface area contributed by atoms with Crippen molar-refractivity contribution in [1.82, 2.24) is 0 Å². The van der Waals surface area contributed by atoms with Gasteiger partial charge in [-0.1, -0.05) is 13.8 Å². The molecule has 1 heterocycles. The van der Waals surface area contributed by atoms with Gasteiger partial charge in [-0.3, -0.25) is 9.59 Å². The van der Waals surface area contributed by atoms with Gasteiger partial charge in [-0.25, -0.2) is 0 Å². The number of anilines is 1. The van der Waals surface area contributed by atoms with Gasteiger partial charge >= 0.3 is 5.97 Å². The van der Waals surface area contributed by atoms with Crippen LogP contribution in [-0.4, -0.2) is 29.9 Å². The maximum absolute atomic E-state index is 10.9. The lowest BCUT2D eigenvalue weighted by molar-refractivity contribution is -0.136. The quantitative estimate of drug-likeness (QED) is 0.846. The van der Waals surface area contributed by atoms with Crippen molar-refractivity contribution in [1.29, 1.82) is 0 Å². The van der Waals surface area contributed by atoms with Crippen LogP contribution in [0.5, 0.6) is 0 Å². The Kier molecular flexibility index (Phi) is 3.35. The molecule has 0 aromatic heterocycles. The Hall–Kier alpha value is -1.84. The van der Waals surface area contributed by atoms with E-state index < -0.39 is 5.97 Å². The van der Waals surface area contributed by atoms with Crippen molar-refractivity contribution < 1.29 is 14.7 Å². The monoisotopic (exact) mass is 261 g/mol. The lowest BCUT2D eigenvalue weighted by Gasteiger charge is -2.31. The maximum Gasteiger partial charge on any atom is 0.305 e. The summed E-state index contributed by atoms with van der Waals surface area (Å²) >= 11 is 0. The fourth-order valence-corrected chi connectivity index (χ4v) is 2.75. The summed E-state index contributed by atoms with van der Waals surface area (Å²) < 4.78 is 0. The number of aliphatic carboxylic acids is 1. The van der Waals surface area contributed by atoms with E-state index in [1.807, 2.05) is 12.1 Å². The molecule has 0 aliphatic carbocycles. The van der Waals surface area contributed by atoms with E-state index in [0.717, 1.165) is 17.5 Å². The van der Waals surface area contributed by atoms with Gasteiger partial charge in [-0.15, -0.1) is 0 Å². The SMILES string of the molecule is CC1N(CCC(=O)O)c2ccc(C=O)cc2C1(C)C. The number of rotatable bonds is 4. The van der Waals surface area contributed by atoms with Gasteiger partial charge in [0.1, 0.15) is 6.29 Å². The third kappa shape index (κ3) is 2.23. The Morgan fingerprint density at radius 1 is 1.47 bits per heavy atom. The molecule has 1 aliphatic heterocycles. The van der Waals surface area contributed by atoms with Crippen LogP contribution >= 0.6 is 0 Å². The molecule has 4 heteroatoms. The van der Waals surface area contributed by atoms with Gasteiger partial charge in [-0.2, -0.15) is 0 Å². The smallest absolute Gasteiger partial charge is 0.305 e. The van der Waals surface area contributed by atoms with Crippen molar-refractivity contribution in [3.05, 3.63) is 29.3 Å². The van der Waals surface area contributed by atoms with Crippen LogP contribution in [-0.2, 0) is 10.2 Å². The predicted octanol–water partition coefficient (Wildman–Crippen LogP) is 2.46. The first-order chi connectivity index (χ1) is 8.87. The zero-order valence-electron chi connectivity index (χ0n) is 11.5. The minimum atomic E-state index is -0.789. The molecule has 4 nitrogen and oxygen atoms in total. The molecule has 0 spiro atoms. The zero-order valence-corrected chi connectivity index (χ0v) is 11.5. The molecule has 0 saturated heterocycles. The molecule has 0 amide bonds. The second kappa shape index (κ2) is 4.68. The van der Waals surface area contributed by atoms with Crippen molar-refractivity contribution in [2.45, 2.75) is 38.6 Å². The third-order valence-electron chi connectivity index (χ3n) is 4.24. The molecular weight excluding hydrogens is 242 g/mol. The van der Waals surface area contributed by atoms with Gasteiger partial charge in [-0.05, 0) is 30.7 Å². The molecule has 1 aromatic carbocycles. The van der Waals surface area contributed by atoms with E-state index in [1.165, 1.54) is 0 Å². The average Bonchev–Trinajstić information content (AvgIpc) is 2.55. The molecule has 0 bridgehead atoms. The van der Waals surface area contributed by atoms with E-state index in [9.17, 15) is 9.59 Å². The number of hydrogen-bond acceptors (Lipinski definition) is 3. The largest absolute Gasteiger partial charge is 0.481 e. The molecule has 102 valence electrons. The summed E-state index contributed by atoms with van der Waals surface area (Å²) in [5, 5.41) is 8.85. The van der Waals surface area contributed by atoms with Crippen molar-refractivity contribution in [3.8, 4) is 0 Å². The first kappa shape index (κ1) is 13.6. The van der Waals surface area contributed by atoms with Gasteiger partial charge < -0.3 is 10.0 Å². The van der Waals surface area contributed by atoms with Crippen LogP contribution in [0.25, 0.3) is 0 Å². The summed E-state index contributed by atoms with van der Waals surface area (Å²) in [4.78, 5) is 23.8. The highest BCUT2D eigenvalue weighted by Gasteiger charge is 2.41. The lowest BCUT2D eigenvalue weighted by Crippen LogP contribution is -2.39. The van der Waals surface area contributed by atoms with Crippen LogP contribution in [0.1, 0.15) is 43.1 Å². The van der Waals surface area contributed by atoms with Crippen LogP contribution in [0, 0.1) is 0 Å². The summed E-state index contributed by atoms with van der Waals surface area (Å²) in [7, 11) is 0. The van der Waals surface area contributed by atoms with Gasteiger partial charge in [0.15, 0.2) is 0 Å². The lowest BCUT2D eigenvalue weighted by atomic mass is 9.81. The minimum Gasteiger partial charge on any atom is -0.481 e. The van der Waals surface area contributed by atoms with Crippen molar-refractivity contribution >= 4 is 17.9 Å². The fraction of sp³-hybridized carbons (Fsp3) is 0.467. The van der Waals surface area contributed by atoms with Crippen LogP contribution in [0.2, 0.25) is 0 Å². The molecule has 1 atom stereocenters. The van der Waals surface area contributed by atoms with Crippen LogP contribution in [0.15, 0.2) is 18.2 Å². The number of benzene rings is 1. The highest BCUT2D eigenvalue weighted by molar-refractivity contribution is 5.79. The summed E-state index contributed by atoms with van der Waals surface area (Å²) in [5.74, 6) is -0.789. The molecular formula is C15H19NO3. The number of fused-ring (bicyclic) bond motifs is 1. The first-order valence-corrected chi connectivity index (χ1v) is 6.46. The Bertz CT molecular complexity index is 522. The molecule has 19 heavy (non-hydrogen) atoms. The number of carbonyl (C=O) groups excluding carboxylic acids is 1.